The summed E-state index contributed by atoms with van der Waals surface area (Å²) >= 11 is 2.02. The van der Waals surface area contributed by atoms with Crippen LogP contribution in [0.4, 0.5) is 0 Å². The number of piperidine rings is 2. The molecule has 19 heavy (non-hydrogen) atoms. The van der Waals surface area contributed by atoms with E-state index in [9.17, 15) is 0 Å². The van der Waals surface area contributed by atoms with E-state index in [0.717, 1.165) is 23.9 Å². The van der Waals surface area contributed by atoms with E-state index in [4.69, 9.17) is 0 Å². The largest absolute Gasteiger partial charge is 0.314 e. The Hall–Kier alpha value is 0.01000. The van der Waals surface area contributed by atoms with Gasteiger partial charge in [-0.25, -0.2) is 0 Å². The second kappa shape index (κ2) is 8.33. The number of rotatable bonds is 8. The maximum atomic E-state index is 3.80. The van der Waals surface area contributed by atoms with Crippen molar-refractivity contribution in [2.24, 2.45) is 0 Å². The lowest BCUT2D eigenvalue weighted by Gasteiger charge is -2.49. The molecule has 0 saturated carbocycles. The van der Waals surface area contributed by atoms with Gasteiger partial charge < -0.3 is 5.32 Å². The maximum Gasteiger partial charge on any atom is 0.0113 e. The Morgan fingerprint density at radius 3 is 2.68 bits per heavy atom. The van der Waals surface area contributed by atoms with E-state index in [2.05, 4.69) is 23.7 Å². The molecule has 0 aromatic rings. The minimum absolute atomic E-state index is 0.785. The third kappa shape index (κ3) is 4.51. The van der Waals surface area contributed by atoms with Crippen LogP contribution in [0.15, 0.2) is 12.7 Å². The molecular formula is C16H30N2S. The Morgan fingerprint density at radius 2 is 2.05 bits per heavy atom. The number of hydrogen-bond acceptors (Lipinski definition) is 3. The normalized spacial score (nSPS) is 31.3. The van der Waals surface area contributed by atoms with Gasteiger partial charge in [-0.1, -0.05) is 19.4 Å². The SMILES string of the molecule is C=CCSCCN1C2CCCC1CC(NCCC)C2. The van der Waals surface area contributed by atoms with Crippen LogP contribution in [0.1, 0.15) is 45.4 Å². The van der Waals surface area contributed by atoms with Crippen LogP contribution in [-0.2, 0) is 0 Å². The van der Waals surface area contributed by atoms with E-state index in [-0.39, 0.29) is 0 Å². The molecule has 0 aromatic heterocycles. The first-order valence-corrected chi connectivity index (χ1v) is 9.18. The molecule has 0 aliphatic carbocycles. The van der Waals surface area contributed by atoms with E-state index >= 15 is 0 Å². The van der Waals surface area contributed by atoms with E-state index < -0.39 is 0 Å². The second-order valence-electron chi connectivity index (χ2n) is 5.96. The highest BCUT2D eigenvalue weighted by atomic mass is 32.2. The van der Waals surface area contributed by atoms with Crippen molar-refractivity contribution in [3.8, 4) is 0 Å². The van der Waals surface area contributed by atoms with Crippen LogP contribution >= 0.6 is 11.8 Å². The molecule has 0 aromatic carbocycles. The monoisotopic (exact) mass is 282 g/mol. The Bertz CT molecular complexity index is 255. The predicted octanol–water partition coefficient (Wildman–Crippen LogP) is 3.29. The first kappa shape index (κ1) is 15.4. The zero-order chi connectivity index (χ0) is 13.5. The topological polar surface area (TPSA) is 15.3 Å². The summed E-state index contributed by atoms with van der Waals surface area (Å²) in [6.07, 6.45) is 10.3. The number of nitrogens with one attached hydrogen (secondary N) is 1. The molecule has 3 heteroatoms. The van der Waals surface area contributed by atoms with E-state index in [1.807, 2.05) is 17.8 Å². The summed E-state index contributed by atoms with van der Waals surface area (Å²) in [5.41, 5.74) is 0. The number of thioether (sulfide) groups is 1. The number of nitrogens with zero attached hydrogens (tertiary/aromatic N) is 1. The molecule has 2 rings (SSSR count). The summed E-state index contributed by atoms with van der Waals surface area (Å²) in [7, 11) is 0. The van der Waals surface area contributed by atoms with Crippen molar-refractivity contribution in [3.05, 3.63) is 12.7 Å². The van der Waals surface area contributed by atoms with Crippen LogP contribution in [0.5, 0.6) is 0 Å². The fourth-order valence-electron chi connectivity index (χ4n) is 3.70. The molecule has 2 atom stereocenters. The van der Waals surface area contributed by atoms with Gasteiger partial charge in [-0.15, -0.1) is 6.58 Å². The van der Waals surface area contributed by atoms with Gasteiger partial charge in [0.1, 0.15) is 0 Å². The van der Waals surface area contributed by atoms with Crippen molar-refractivity contribution in [2.45, 2.75) is 63.6 Å². The summed E-state index contributed by atoms with van der Waals surface area (Å²) < 4.78 is 0. The lowest BCUT2D eigenvalue weighted by molar-refractivity contribution is 0.0304. The molecule has 2 heterocycles. The van der Waals surface area contributed by atoms with Crippen molar-refractivity contribution in [1.29, 1.82) is 0 Å². The summed E-state index contributed by atoms with van der Waals surface area (Å²) in [5, 5.41) is 3.75. The van der Waals surface area contributed by atoms with Gasteiger partial charge in [0.2, 0.25) is 0 Å². The van der Waals surface area contributed by atoms with Gasteiger partial charge in [0.15, 0.2) is 0 Å². The Kier molecular flexibility index (Phi) is 6.75. The fourth-order valence-corrected chi connectivity index (χ4v) is 4.37. The first-order chi connectivity index (χ1) is 9.35. The summed E-state index contributed by atoms with van der Waals surface area (Å²) in [5.74, 6) is 2.37. The molecule has 1 N–H and O–H groups in total. The summed E-state index contributed by atoms with van der Waals surface area (Å²) in [6, 6.07) is 2.49. The fraction of sp³-hybridized carbons (Fsp3) is 0.875. The number of hydrogen-bond donors (Lipinski definition) is 1. The molecule has 0 amide bonds. The van der Waals surface area contributed by atoms with Gasteiger partial charge in [-0.2, -0.15) is 11.8 Å². The lowest BCUT2D eigenvalue weighted by atomic mass is 9.82. The number of fused-ring (bicyclic) bond motifs is 2. The average molecular weight is 282 g/mol. The minimum atomic E-state index is 0.785. The predicted molar refractivity (Wildman–Crippen MR) is 87.0 cm³/mol. The highest BCUT2D eigenvalue weighted by Crippen LogP contribution is 2.34. The van der Waals surface area contributed by atoms with Crippen LogP contribution in [0.25, 0.3) is 0 Å². The molecule has 2 aliphatic rings. The molecule has 0 radical (unpaired) electrons. The van der Waals surface area contributed by atoms with Crippen LogP contribution in [0, 0.1) is 0 Å². The zero-order valence-corrected chi connectivity index (χ0v) is 13.3. The van der Waals surface area contributed by atoms with E-state index in [1.54, 1.807) is 0 Å². The molecular weight excluding hydrogens is 252 g/mol. The highest BCUT2D eigenvalue weighted by molar-refractivity contribution is 7.99. The standard InChI is InChI=1S/C16H30N2S/c1-3-8-17-14-12-15-6-5-7-16(13-14)18(15)9-11-19-10-4-2/h4,14-17H,2-3,5-13H2,1H3. The maximum absolute atomic E-state index is 3.80. The van der Waals surface area contributed by atoms with Crippen molar-refractivity contribution in [3.63, 3.8) is 0 Å². The van der Waals surface area contributed by atoms with Crippen molar-refractivity contribution in [1.82, 2.24) is 10.2 Å². The smallest absolute Gasteiger partial charge is 0.0113 e. The molecule has 2 saturated heterocycles. The average Bonchev–Trinajstić information content (AvgIpc) is 2.41. The molecule has 2 nitrogen and oxygen atoms in total. The van der Waals surface area contributed by atoms with Gasteiger partial charge in [-0.3, -0.25) is 4.90 Å². The van der Waals surface area contributed by atoms with E-state index in [0.29, 0.717) is 0 Å². The highest BCUT2D eigenvalue weighted by Gasteiger charge is 2.37. The molecule has 110 valence electrons. The van der Waals surface area contributed by atoms with Crippen LogP contribution in [0.2, 0.25) is 0 Å². The summed E-state index contributed by atoms with van der Waals surface area (Å²) in [4.78, 5) is 2.82. The van der Waals surface area contributed by atoms with Crippen molar-refractivity contribution in [2.75, 3.05) is 24.6 Å². The van der Waals surface area contributed by atoms with Crippen LogP contribution < -0.4 is 5.32 Å². The van der Waals surface area contributed by atoms with Crippen LogP contribution in [-0.4, -0.2) is 47.6 Å². The molecule has 0 spiro atoms. The minimum Gasteiger partial charge on any atom is -0.314 e. The van der Waals surface area contributed by atoms with Gasteiger partial charge in [0.25, 0.3) is 0 Å². The second-order valence-corrected chi connectivity index (χ2v) is 7.11. The Balaban J connectivity index is 1.79. The Morgan fingerprint density at radius 1 is 1.32 bits per heavy atom. The molecule has 2 aliphatic heterocycles. The van der Waals surface area contributed by atoms with E-state index in [1.165, 1.54) is 57.4 Å². The van der Waals surface area contributed by atoms with Crippen molar-refractivity contribution < 1.29 is 0 Å². The lowest BCUT2D eigenvalue weighted by Crippen LogP contribution is -2.56. The molecule has 2 unspecified atom stereocenters. The Labute approximate surface area is 123 Å². The van der Waals surface area contributed by atoms with Crippen molar-refractivity contribution >= 4 is 11.8 Å². The third-order valence-corrected chi connectivity index (χ3v) is 5.48. The van der Waals surface area contributed by atoms with Gasteiger partial charge in [-0.05, 0) is 38.6 Å². The quantitative estimate of drug-likeness (QED) is 0.543. The van der Waals surface area contributed by atoms with Crippen LogP contribution in [0.3, 0.4) is 0 Å². The van der Waals surface area contributed by atoms with Gasteiger partial charge in [0.05, 0.1) is 0 Å². The third-order valence-electron chi connectivity index (χ3n) is 4.54. The van der Waals surface area contributed by atoms with Gasteiger partial charge in [0, 0.05) is 36.2 Å². The zero-order valence-electron chi connectivity index (χ0n) is 12.4. The molecule has 2 fully saturated rings. The molecule has 2 bridgehead atoms. The summed E-state index contributed by atoms with van der Waals surface area (Å²) in [6.45, 7) is 8.54. The van der Waals surface area contributed by atoms with Gasteiger partial charge >= 0.3 is 0 Å². The first-order valence-electron chi connectivity index (χ1n) is 8.03.